The number of halogens is 1. The first kappa shape index (κ1) is 16.3. The predicted molar refractivity (Wildman–Crippen MR) is 99.0 cm³/mol. The highest BCUT2D eigenvalue weighted by atomic mass is 19.1. The van der Waals surface area contributed by atoms with E-state index in [9.17, 15) is 9.18 Å². The van der Waals surface area contributed by atoms with Crippen LogP contribution < -0.4 is 9.64 Å². The Kier molecular flexibility index (Phi) is 4.40. The van der Waals surface area contributed by atoms with Crippen molar-refractivity contribution in [3.63, 3.8) is 0 Å². The van der Waals surface area contributed by atoms with Crippen molar-refractivity contribution in [3.05, 3.63) is 95.3 Å². The monoisotopic (exact) mass is 347 g/mol. The number of nitrogens with zero attached hydrogens (tertiary/aromatic N) is 1. The van der Waals surface area contributed by atoms with Gasteiger partial charge in [-0.25, -0.2) is 4.39 Å². The molecule has 1 heterocycles. The van der Waals surface area contributed by atoms with Crippen molar-refractivity contribution in [2.75, 3.05) is 11.4 Å². The summed E-state index contributed by atoms with van der Waals surface area (Å²) in [4.78, 5) is 14.9. The SMILES string of the molecule is O=C(c1ccccc1OCc1ccc(F)cc1)N1CCc2ccccc21. The van der Waals surface area contributed by atoms with Gasteiger partial charge in [0.1, 0.15) is 18.2 Å². The summed E-state index contributed by atoms with van der Waals surface area (Å²) in [5, 5.41) is 0. The van der Waals surface area contributed by atoms with Crippen molar-refractivity contribution in [1.29, 1.82) is 0 Å². The van der Waals surface area contributed by atoms with Gasteiger partial charge in [-0.05, 0) is 47.9 Å². The fourth-order valence-electron chi connectivity index (χ4n) is 3.21. The third-order valence-corrected chi connectivity index (χ3v) is 4.56. The smallest absolute Gasteiger partial charge is 0.262 e. The first-order valence-corrected chi connectivity index (χ1v) is 8.58. The van der Waals surface area contributed by atoms with Crippen LogP contribution in [0, 0.1) is 5.82 Å². The maximum Gasteiger partial charge on any atom is 0.262 e. The molecule has 4 rings (SSSR count). The van der Waals surface area contributed by atoms with Gasteiger partial charge in [-0.15, -0.1) is 0 Å². The fraction of sp³-hybridized carbons (Fsp3) is 0.136. The van der Waals surface area contributed by atoms with E-state index in [0.717, 1.165) is 17.7 Å². The summed E-state index contributed by atoms with van der Waals surface area (Å²) >= 11 is 0. The number of benzene rings is 3. The Labute approximate surface area is 151 Å². The molecular weight excluding hydrogens is 329 g/mol. The van der Waals surface area contributed by atoms with Crippen molar-refractivity contribution in [2.24, 2.45) is 0 Å². The van der Waals surface area contributed by atoms with Crippen LogP contribution in [0.2, 0.25) is 0 Å². The van der Waals surface area contributed by atoms with Crippen molar-refractivity contribution in [3.8, 4) is 5.75 Å². The summed E-state index contributed by atoms with van der Waals surface area (Å²) in [6.07, 6.45) is 0.862. The van der Waals surface area contributed by atoms with Crippen LogP contribution in [0.25, 0.3) is 0 Å². The largest absolute Gasteiger partial charge is 0.488 e. The zero-order valence-electron chi connectivity index (χ0n) is 14.2. The summed E-state index contributed by atoms with van der Waals surface area (Å²) in [5.74, 6) is 0.188. The van der Waals surface area contributed by atoms with Crippen LogP contribution in [0.3, 0.4) is 0 Å². The normalized spacial score (nSPS) is 12.7. The number of para-hydroxylation sites is 2. The first-order valence-electron chi connectivity index (χ1n) is 8.58. The van der Waals surface area contributed by atoms with Gasteiger partial charge in [0.25, 0.3) is 5.91 Å². The van der Waals surface area contributed by atoms with E-state index >= 15 is 0 Å². The Bertz CT molecular complexity index is 937. The molecule has 0 bridgehead atoms. The first-order chi connectivity index (χ1) is 12.7. The second-order valence-electron chi connectivity index (χ2n) is 6.25. The van der Waals surface area contributed by atoms with Crippen LogP contribution in [0.15, 0.2) is 72.8 Å². The minimum absolute atomic E-state index is 0.0651. The van der Waals surface area contributed by atoms with Crippen LogP contribution in [0.4, 0.5) is 10.1 Å². The summed E-state index contributed by atoms with van der Waals surface area (Å²) in [6.45, 7) is 0.950. The fourth-order valence-corrected chi connectivity index (χ4v) is 3.21. The van der Waals surface area contributed by atoms with Gasteiger partial charge in [0.05, 0.1) is 5.56 Å². The second kappa shape index (κ2) is 7.00. The van der Waals surface area contributed by atoms with Crippen LogP contribution >= 0.6 is 0 Å². The number of hydrogen-bond donors (Lipinski definition) is 0. The van der Waals surface area contributed by atoms with E-state index in [2.05, 4.69) is 6.07 Å². The molecule has 0 spiro atoms. The summed E-state index contributed by atoms with van der Waals surface area (Å²) in [6, 6.07) is 21.4. The molecule has 0 saturated carbocycles. The molecule has 4 heteroatoms. The molecule has 0 radical (unpaired) electrons. The Balaban J connectivity index is 1.56. The number of carbonyl (C=O) groups is 1. The lowest BCUT2D eigenvalue weighted by Crippen LogP contribution is -2.29. The van der Waals surface area contributed by atoms with E-state index in [0.29, 0.717) is 17.9 Å². The van der Waals surface area contributed by atoms with Crippen LogP contribution in [-0.2, 0) is 13.0 Å². The quantitative estimate of drug-likeness (QED) is 0.690. The molecule has 26 heavy (non-hydrogen) atoms. The Morgan fingerprint density at radius 1 is 0.962 bits per heavy atom. The van der Waals surface area contributed by atoms with Gasteiger partial charge >= 0.3 is 0 Å². The third-order valence-electron chi connectivity index (χ3n) is 4.56. The molecule has 0 saturated heterocycles. The number of ether oxygens (including phenoxy) is 1. The molecule has 0 aliphatic carbocycles. The van der Waals surface area contributed by atoms with Crippen LogP contribution in [0.5, 0.6) is 5.75 Å². The highest BCUT2D eigenvalue weighted by Crippen LogP contribution is 2.31. The molecule has 3 aromatic carbocycles. The number of rotatable bonds is 4. The molecule has 0 fully saturated rings. The van der Waals surface area contributed by atoms with E-state index in [-0.39, 0.29) is 18.3 Å². The number of amides is 1. The molecule has 0 N–H and O–H groups in total. The molecular formula is C22H18FNO2. The van der Waals surface area contributed by atoms with Gasteiger partial charge in [0.2, 0.25) is 0 Å². The molecule has 1 amide bonds. The lowest BCUT2D eigenvalue weighted by Gasteiger charge is -2.19. The molecule has 0 aromatic heterocycles. The van der Waals surface area contributed by atoms with E-state index in [1.807, 2.05) is 30.3 Å². The average Bonchev–Trinajstić information content (AvgIpc) is 3.11. The number of anilines is 1. The molecule has 1 aliphatic heterocycles. The number of fused-ring (bicyclic) bond motifs is 1. The lowest BCUT2D eigenvalue weighted by molar-refractivity contribution is 0.0985. The zero-order valence-corrected chi connectivity index (χ0v) is 14.2. The summed E-state index contributed by atoms with van der Waals surface area (Å²) in [7, 11) is 0. The lowest BCUT2D eigenvalue weighted by atomic mass is 10.1. The van der Waals surface area contributed by atoms with E-state index in [4.69, 9.17) is 4.74 Å². The van der Waals surface area contributed by atoms with Gasteiger partial charge in [0, 0.05) is 12.2 Å². The van der Waals surface area contributed by atoms with Gasteiger partial charge in [0.15, 0.2) is 0 Å². The van der Waals surface area contributed by atoms with Crippen LogP contribution in [-0.4, -0.2) is 12.5 Å². The van der Waals surface area contributed by atoms with Gasteiger partial charge in [-0.3, -0.25) is 4.79 Å². The minimum atomic E-state index is -0.281. The van der Waals surface area contributed by atoms with Crippen molar-refractivity contribution in [2.45, 2.75) is 13.0 Å². The van der Waals surface area contributed by atoms with Gasteiger partial charge < -0.3 is 9.64 Å². The van der Waals surface area contributed by atoms with Crippen LogP contribution in [0.1, 0.15) is 21.5 Å². The average molecular weight is 347 g/mol. The maximum atomic E-state index is 13.1. The Hall–Kier alpha value is -3.14. The molecule has 3 nitrogen and oxygen atoms in total. The molecule has 1 aliphatic rings. The van der Waals surface area contributed by atoms with Crippen molar-refractivity contribution >= 4 is 11.6 Å². The molecule has 0 unspecified atom stereocenters. The van der Waals surface area contributed by atoms with Gasteiger partial charge in [-0.1, -0.05) is 42.5 Å². The van der Waals surface area contributed by atoms with Crippen molar-refractivity contribution in [1.82, 2.24) is 0 Å². The third kappa shape index (κ3) is 3.18. The standard InChI is InChI=1S/C22H18FNO2/c23-18-11-9-16(10-12-18)15-26-21-8-4-2-6-19(21)22(25)24-14-13-17-5-1-3-7-20(17)24/h1-12H,13-15H2. The Morgan fingerprint density at radius 2 is 1.69 bits per heavy atom. The molecule has 0 atom stereocenters. The zero-order chi connectivity index (χ0) is 17.9. The summed E-state index contributed by atoms with van der Waals surface area (Å²) in [5.41, 5.74) is 3.53. The highest BCUT2D eigenvalue weighted by molar-refractivity contribution is 6.09. The van der Waals surface area contributed by atoms with Crippen molar-refractivity contribution < 1.29 is 13.9 Å². The maximum absolute atomic E-state index is 13.1. The number of carbonyl (C=O) groups excluding carboxylic acids is 1. The highest BCUT2D eigenvalue weighted by Gasteiger charge is 2.26. The topological polar surface area (TPSA) is 29.5 Å². The predicted octanol–water partition coefficient (Wildman–Crippen LogP) is 4.61. The van der Waals surface area contributed by atoms with E-state index in [1.165, 1.54) is 17.7 Å². The van der Waals surface area contributed by atoms with E-state index in [1.54, 1.807) is 29.2 Å². The second-order valence-corrected chi connectivity index (χ2v) is 6.25. The Morgan fingerprint density at radius 3 is 2.54 bits per heavy atom. The van der Waals surface area contributed by atoms with E-state index < -0.39 is 0 Å². The summed E-state index contributed by atoms with van der Waals surface area (Å²) < 4.78 is 18.9. The van der Waals surface area contributed by atoms with Gasteiger partial charge in [-0.2, -0.15) is 0 Å². The number of hydrogen-bond acceptors (Lipinski definition) is 2. The molecule has 130 valence electrons. The molecule has 3 aromatic rings. The minimum Gasteiger partial charge on any atom is -0.488 e.